The van der Waals surface area contributed by atoms with E-state index >= 15 is 0 Å². The Morgan fingerprint density at radius 3 is 2.52 bits per heavy atom. The summed E-state index contributed by atoms with van der Waals surface area (Å²) in [6.07, 6.45) is -2.24. The van der Waals surface area contributed by atoms with Gasteiger partial charge in [-0.3, -0.25) is 0 Å². The Morgan fingerprint density at radius 1 is 1.29 bits per heavy atom. The van der Waals surface area contributed by atoms with E-state index < -0.39 is 17.7 Å². The van der Waals surface area contributed by atoms with Crippen LogP contribution in [0.5, 0.6) is 0 Å². The maximum Gasteiger partial charge on any atom is 0.416 e. The Morgan fingerprint density at radius 2 is 1.95 bits per heavy atom. The van der Waals surface area contributed by atoms with Crippen LogP contribution in [0.25, 0.3) is 0 Å². The summed E-state index contributed by atoms with van der Waals surface area (Å²) in [5, 5.41) is 12.0. The number of hydrogen-bond donors (Lipinski definition) is 2. The van der Waals surface area contributed by atoms with Crippen LogP contribution >= 0.6 is 0 Å². The Labute approximate surface area is 120 Å². The van der Waals surface area contributed by atoms with Gasteiger partial charge in [0.2, 0.25) is 0 Å². The number of alkyl halides is 3. The molecule has 7 heteroatoms. The smallest absolute Gasteiger partial charge is 0.416 e. The molecular formula is C14H17F3N2O2. The van der Waals surface area contributed by atoms with E-state index in [9.17, 15) is 18.0 Å². The van der Waals surface area contributed by atoms with Gasteiger partial charge < -0.3 is 15.3 Å². The Bertz CT molecular complexity index is 511. The second kappa shape index (κ2) is 6.34. The fourth-order valence-corrected chi connectivity index (χ4v) is 2.41. The van der Waals surface area contributed by atoms with Crippen LogP contribution in [0, 0.1) is 0 Å². The summed E-state index contributed by atoms with van der Waals surface area (Å²) in [5.41, 5.74) is -1.09. The Balaban J connectivity index is 2.05. The van der Waals surface area contributed by atoms with Crippen LogP contribution in [0.15, 0.2) is 18.2 Å². The van der Waals surface area contributed by atoms with E-state index in [-0.39, 0.29) is 11.3 Å². The molecule has 0 spiro atoms. The van der Waals surface area contributed by atoms with Crippen LogP contribution in [-0.2, 0) is 6.18 Å². The van der Waals surface area contributed by atoms with E-state index in [1.807, 2.05) is 0 Å². The average molecular weight is 302 g/mol. The molecule has 1 heterocycles. The number of carbonyl (C=O) groups is 1. The van der Waals surface area contributed by atoms with Crippen molar-refractivity contribution in [2.45, 2.75) is 19.0 Å². The van der Waals surface area contributed by atoms with Gasteiger partial charge in [-0.15, -0.1) is 0 Å². The molecule has 0 amide bonds. The zero-order valence-corrected chi connectivity index (χ0v) is 11.4. The van der Waals surface area contributed by atoms with Gasteiger partial charge in [0.25, 0.3) is 0 Å². The summed E-state index contributed by atoms with van der Waals surface area (Å²) in [7, 11) is 0. The number of carboxylic acids is 1. The zero-order chi connectivity index (χ0) is 15.5. The number of rotatable bonds is 5. The average Bonchev–Trinajstić information content (AvgIpc) is 2.90. The molecule has 1 fully saturated rings. The minimum atomic E-state index is -4.54. The van der Waals surface area contributed by atoms with Crippen molar-refractivity contribution in [2.75, 3.05) is 31.5 Å². The van der Waals surface area contributed by atoms with Gasteiger partial charge in [0.1, 0.15) is 0 Å². The first kappa shape index (κ1) is 15.6. The van der Waals surface area contributed by atoms with Crippen LogP contribution in [0.2, 0.25) is 0 Å². The van der Waals surface area contributed by atoms with Gasteiger partial charge in [0.05, 0.1) is 11.1 Å². The third kappa shape index (κ3) is 4.10. The lowest BCUT2D eigenvalue weighted by molar-refractivity contribution is -0.137. The molecule has 1 aliphatic rings. The second-order valence-electron chi connectivity index (χ2n) is 5.04. The molecule has 0 aromatic heterocycles. The standard InChI is InChI=1S/C14H17F3N2O2/c15-14(16,17)10-3-4-12(11(9-10)13(20)21)18-5-8-19-6-1-2-7-19/h3-4,9,18H,1-2,5-8H2,(H,20,21). The predicted molar refractivity (Wildman–Crippen MR) is 72.6 cm³/mol. The topological polar surface area (TPSA) is 52.6 Å². The molecule has 1 saturated heterocycles. The monoisotopic (exact) mass is 302 g/mol. The van der Waals surface area contributed by atoms with Crippen molar-refractivity contribution in [3.8, 4) is 0 Å². The van der Waals surface area contributed by atoms with Gasteiger partial charge >= 0.3 is 12.1 Å². The van der Waals surface area contributed by atoms with Crippen LogP contribution in [0.4, 0.5) is 18.9 Å². The van der Waals surface area contributed by atoms with E-state index in [4.69, 9.17) is 5.11 Å². The van der Waals surface area contributed by atoms with Crippen LogP contribution in [0.1, 0.15) is 28.8 Å². The first-order chi connectivity index (χ1) is 9.88. The van der Waals surface area contributed by atoms with Crippen molar-refractivity contribution in [3.05, 3.63) is 29.3 Å². The summed E-state index contributed by atoms with van der Waals surface area (Å²) >= 11 is 0. The molecule has 0 saturated carbocycles. The first-order valence-electron chi connectivity index (χ1n) is 6.78. The van der Waals surface area contributed by atoms with Gasteiger partial charge in [0.15, 0.2) is 0 Å². The predicted octanol–water partition coefficient (Wildman–Crippen LogP) is 2.91. The highest BCUT2D eigenvalue weighted by molar-refractivity contribution is 5.94. The second-order valence-corrected chi connectivity index (χ2v) is 5.04. The number of nitrogens with one attached hydrogen (secondary N) is 1. The largest absolute Gasteiger partial charge is 0.478 e. The Hall–Kier alpha value is -1.76. The van der Waals surface area contributed by atoms with Crippen molar-refractivity contribution in [2.24, 2.45) is 0 Å². The van der Waals surface area contributed by atoms with Crippen molar-refractivity contribution in [1.82, 2.24) is 4.90 Å². The number of nitrogens with zero attached hydrogens (tertiary/aromatic N) is 1. The minimum Gasteiger partial charge on any atom is -0.478 e. The van der Waals surface area contributed by atoms with E-state index in [0.29, 0.717) is 12.6 Å². The maximum absolute atomic E-state index is 12.6. The number of aromatic carboxylic acids is 1. The quantitative estimate of drug-likeness (QED) is 0.878. The van der Waals surface area contributed by atoms with Crippen LogP contribution in [-0.4, -0.2) is 42.2 Å². The van der Waals surface area contributed by atoms with E-state index in [0.717, 1.165) is 38.5 Å². The molecular weight excluding hydrogens is 285 g/mol. The highest BCUT2D eigenvalue weighted by Crippen LogP contribution is 2.31. The molecule has 0 atom stereocenters. The Kier molecular flexibility index (Phi) is 4.72. The normalized spacial score (nSPS) is 16.1. The summed E-state index contributed by atoms with van der Waals surface area (Å²) in [5.74, 6) is -1.37. The lowest BCUT2D eigenvalue weighted by Gasteiger charge is -2.17. The first-order valence-corrected chi connectivity index (χ1v) is 6.78. The molecule has 116 valence electrons. The summed E-state index contributed by atoms with van der Waals surface area (Å²) < 4.78 is 37.8. The summed E-state index contributed by atoms with van der Waals surface area (Å²) in [6, 6.07) is 2.74. The highest BCUT2D eigenvalue weighted by atomic mass is 19.4. The highest BCUT2D eigenvalue weighted by Gasteiger charge is 2.31. The van der Waals surface area contributed by atoms with Crippen molar-refractivity contribution in [1.29, 1.82) is 0 Å². The van der Waals surface area contributed by atoms with E-state index in [1.165, 1.54) is 6.07 Å². The molecule has 0 radical (unpaired) electrons. The number of halogens is 3. The molecule has 1 aromatic rings. The number of carboxylic acid groups (broad SMARTS) is 1. The van der Waals surface area contributed by atoms with Crippen molar-refractivity contribution in [3.63, 3.8) is 0 Å². The molecule has 2 rings (SSSR count). The number of anilines is 1. The van der Waals surface area contributed by atoms with Gasteiger partial charge in [-0.2, -0.15) is 13.2 Å². The summed E-state index contributed by atoms with van der Waals surface area (Å²) in [6.45, 7) is 3.28. The zero-order valence-electron chi connectivity index (χ0n) is 11.4. The van der Waals surface area contributed by atoms with Gasteiger partial charge in [-0.05, 0) is 44.1 Å². The molecule has 21 heavy (non-hydrogen) atoms. The minimum absolute atomic E-state index is 0.217. The lowest BCUT2D eigenvalue weighted by atomic mass is 10.1. The third-order valence-electron chi connectivity index (χ3n) is 3.52. The molecule has 0 aliphatic carbocycles. The van der Waals surface area contributed by atoms with Gasteiger partial charge in [-0.1, -0.05) is 0 Å². The molecule has 0 unspecified atom stereocenters. The number of likely N-dealkylation sites (tertiary alicyclic amines) is 1. The van der Waals surface area contributed by atoms with Crippen molar-refractivity contribution >= 4 is 11.7 Å². The van der Waals surface area contributed by atoms with Crippen molar-refractivity contribution < 1.29 is 23.1 Å². The van der Waals surface area contributed by atoms with Crippen LogP contribution in [0.3, 0.4) is 0 Å². The number of benzene rings is 1. The van der Waals surface area contributed by atoms with Gasteiger partial charge in [0, 0.05) is 18.8 Å². The molecule has 1 aromatic carbocycles. The molecule has 4 nitrogen and oxygen atoms in total. The SMILES string of the molecule is O=C(O)c1cc(C(F)(F)F)ccc1NCCN1CCCC1. The summed E-state index contributed by atoms with van der Waals surface area (Å²) in [4.78, 5) is 13.3. The molecule has 2 N–H and O–H groups in total. The number of hydrogen-bond acceptors (Lipinski definition) is 3. The maximum atomic E-state index is 12.6. The molecule has 1 aliphatic heterocycles. The third-order valence-corrected chi connectivity index (χ3v) is 3.52. The lowest BCUT2D eigenvalue weighted by Crippen LogP contribution is -2.26. The molecule has 0 bridgehead atoms. The fraction of sp³-hybridized carbons (Fsp3) is 0.500. The van der Waals surface area contributed by atoms with Gasteiger partial charge in [-0.25, -0.2) is 4.79 Å². The van der Waals surface area contributed by atoms with Crippen LogP contribution < -0.4 is 5.32 Å². The van der Waals surface area contributed by atoms with E-state index in [1.54, 1.807) is 0 Å². The van der Waals surface area contributed by atoms with E-state index in [2.05, 4.69) is 10.2 Å². The fourth-order valence-electron chi connectivity index (χ4n) is 2.41.